The molecule has 108 valence electrons. The minimum absolute atomic E-state index is 0. The van der Waals surface area contributed by atoms with Gasteiger partial charge in [0, 0.05) is 0 Å². The SMILES string of the molecule is [O-]c1cccc2ccccc12.[O-]c1cccc2ccccc12.[Zn+2]. The molecular formula is C20H14O2Zn. The first kappa shape index (κ1) is 17.0. The van der Waals surface area contributed by atoms with Crippen molar-refractivity contribution in [2.45, 2.75) is 0 Å². The van der Waals surface area contributed by atoms with E-state index in [-0.39, 0.29) is 31.0 Å². The van der Waals surface area contributed by atoms with Gasteiger partial charge in [0.25, 0.3) is 0 Å². The summed E-state index contributed by atoms with van der Waals surface area (Å²) in [4.78, 5) is 0. The fourth-order valence-electron chi connectivity index (χ4n) is 2.39. The Morgan fingerprint density at radius 1 is 0.435 bits per heavy atom. The van der Waals surface area contributed by atoms with E-state index >= 15 is 0 Å². The van der Waals surface area contributed by atoms with Crippen molar-refractivity contribution in [1.82, 2.24) is 0 Å². The Labute approximate surface area is 147 Å². The molecule has 4 aromatic rings. The molecule has 0 aliphatic heterocycles. The molecule has 0 aliphatic rings. The summed E-state index contributed by atoms with van der Waals surface area (Å²) in [7, 11) is 0. The summed E-state index contributed by atoms with van der Waals surface area (Å²) in [6.07, 6.45) is 0. The van der Waals surface area contributed by atoms with Crippen LogP contribution in [0.25, 0.3) is 21.5 Å². The predicted octanol–water partition coefficient (Wildman–Crippen LogP) is 3.82. The van der Waals surface area contributed by atoms with E-state index in [4.69, 9.17) is 0 Å². The summed E-state index contributed by atoms with van der Waals surface area (Å²) in [5.41, 5.74) is 0. The number of benzene rings is 4. The Balaban J connectivity index is 0.000000160. The first-order valence-electron chi connectivity index (χ1n) is 7.05. The summed E-state index contributed by atoms with van der Waals surface area (Å²) in [6.45, 7) is 0. The fourth-order valence-corrected chi connectivity index (χ4v) is 2.39. The van der Waals surface area contributed by atoms with Gasteiger partial charge in [0.15, 0.2) is 0 Å². The molecule has 3 heteroatoms. The quantitative estimate of drug-likeness (QED) is 0.452. The second-order valence-electron chi connectivity index (χ2n) is 4.95. The van der Waals surface area contributed by atoms with Crippen LogP contribution in [0.1, 0.15) is 0 Å². The summed E-state index contributed by atoms with van der Waals surface area (Å²) >= 11 is 0. The van der Waals surface area contributed by atoms with Crippen molar-refractivity contribution in [3.63, 3.8) is 0 Å². The number of hydrogen-bond donors (Lipinski definition) is 0. The van der Waals surface area contributed by atoms with Crippen LogP contribution in [0.4, 0.5) is 0 Å². The third-order valence-electron chi connectivity index (χ3n) is 3.50. The van der Waals surface area contributed by atoms with Gasteiger partial charge in [-0.25, -0.2) is 0 Å². The molecule has 2 nitrogen and oxygen atoms in total. The van der Waals surface area contributed by atoms with Crippen LogP contribution in [-0.4, -0.2) is 0 Å². The topological polar surface area (TPSA) is 46.1 Å². The molecule has 0 aliphatic carbocycles. The molecule has 0 saturated carbocycles. The van der Waals surface area contributed by atoms with E-state index in [0.29, 0.717) is 0 Å². The molecule has 0 saturated heterocycles. The number of rotatable bonds is 0. The van der Waals surface area contributed by atoms with E-state index in [1.807, 2.05) is 60.7 Å². The summed E-state index contributed by atoms with van der Waals surface area (Å²) in [5.74, 6) is 0.200. The van der Waals surface area contributed by atoms with Crippen LogP contribution in [0, 0.1) is 0 Å². The monoisotopic (exact) mass is 350 g/mol. The Hall–Kier alpha value is -2.38. The van der Waals surface area contributed by atoms with Gasteiger partial charge in [0.1, 0.15) is 0 Å². The van der Waals surface area contributed by atoms with Crippen LogP contribution >= 0.6 is 0 Å². The van der Waals surface area contributed by atoms with Crippen LogP contribution in [0.5, 0.6) is 11.5 Å². The van der Waals surface area contributed by atoms with Crippen molar-refractivity contribution in [2.24, 2.45) is 0 Å². The smallest absolute Gasteiger partial charge is 0.872 e. The van der Waals surface area contributed by atoms with Crippen molar-refractivity contribution >= 4 is 21.5 Å². The van der Waals surface area contributed by atoms with Gasteiger partial charge in [0.05, 0.1) is 0 Å². The Bertz CT molecular complexity index is 831. The molecule has 0 radical (unpaired) electrons. The van der Waals surface area contributed by atoms with E-state index < -0.39 is 0 Å². The Morgan fingerprint density at radius 2 is 0.783 bits per heavy atom. The molecule has 0 N–H and O–H groups in total. The summed E-state index contributed by atoms with van der Waals surface area (Å²) in [5, 5.41) is 26.0. The van der Waals surface area contributed by atoms with Crippen molar-refractivity contribution in [1.29, 1.82) is 0 Å². The Kier molecular flexibility index (Phi) is 5.73. The third-order valence-corrected chi connectivity index (χ3v) is 3.50. The van der Waals surface area contributed by atoms with Gasteiger partial charge < -0.3 is 10.2 Å². The molecule has 4 aromatic carbocycles. The van der Waals surface area contributed by atoms with Crippen molar-refractivity contribution in [3.8, 4) is 11.5 Å². The first-order chi connectivity index (χ1) is 10.8. The molecule has 4 rings (SSSR count). The molecule has 0 unspecified atom stereocenters. The minimum Gasteiger partial charge on any atom is -0.872 e. The molecule has 0 heterocycles. The minimum atomic E-state index is 0. The standard InChI is InChI=1S/2C10H8O.Zn/c2*11-10-7-3-5-8-4-1-2-6-9(8)10;/h2*1-7,11H;/q;;+2/p-2. The second kappa shape index (κ2) is 7.76. The van der Waals surface area contributed by atoms with Gasteiger partial charge >= 0.3 is 19.5 Å². The molecule has 0 fully saturated rings. The maximum absolute atomic E-state index is 11.2. The van der Waals surface area contributed by atoms with E-state index in [1.165, 1.54) is 0 Å². The largest absolute Gasteiger partial charge is 2.00 e. The first-order valence-corrected chi connectivity index (χ1v) is 7.05. The van der Waals surface area contributed by atoms with Gasteiger partial charge in [-0.3, -0.25) is 0 Å². The van der Waals surface area contributed by atoms with Gasteiger partial charge in [-0.1, -0.05) is 84.9 Å². The zero-order chi connectivity index (χ0) is 15.4. The second-order valence-corrected chi connectivity index (χ2v) is 4.95. The fraction of sp³-hybridized carbons (Fsp3) is 0. The average Bonchev–Trinajstić information content (AvgIpc) is 2.57. The molecule has 0 bridgehead atoms. The Morgan fingerprint density at radius 3 is 1.17 bits per heavy atom. The van der Waals surface area contributed by atoms with Gasteiger partial charge in [-0.15, -0.1) is 11.5 Å². The molecular weight excluding hydrogens is 338 g/mol. The maximum atomic E-state index is 11.2. The van der Waals surface area contributed by atoms with Crippen LogP contribution in [0.3, 0.4) is 0 Å². The van der Waals surface area contributed by atoms with E-state index in [1.54, 1.807) is 24.3 Å². The van der Waals surface area contributed by atoms with E-state index in [0.717, 1.165) is 21.5 Å². The van der Waals surface area contributed by atoms with Crippen molar-refractivity contribution in [2.75, 3.05) is 0 Å². The van der Waals surface area contributed by atoms with Crippen LogP contribution in [-0.2, 0) is 19.5 Å². The predicted molar refractivity (Wildman–Crippen MR) is 86.8 cm³/mol. The van der Waals surface area contributed by atoms with Crippen LogP contribution in [0.15, 0.2) is 84.9 Å². The molecule has 0 aromatic heterocycles. The van der Waals surface area contributed by atoms with Crippen molar-refractivity contribution < 1.29 is 29.7 Å². The number of fused-ring (bicyclic) bond motifs is 2. The molecule has 0 spiro atoms. The normalized spacial score (nSPS) is 9.74. The van der Waals surface area contributed by atoms with Crippen LogP contribution < -0.4 is 10.2 Å². The van der Waals surface area contributed by atoms with Gasteiger partial charge in [-0.05, 0) is 21.5 Å². The van der Waals surface area contributed by atoms with Gasteiger partial charge in [-0.2, -0.15) is 0 Å². The van der Waals surface area contributed by atoms with E-state index in [9.17, 15) is 10.2 Å². The van der Waals surface area contributed by atoms with Gasteiger partial charge in [0.2, 0.25) is 0 Å². The molecule has 0 atom stereocenters. The zero-order valence-electron chi connectivity index (χ0n) is 12.6. The third kappa shape index (κ3) is 3.88. The van der Waals surface area contributed by atoms with Crippen LogP contribution in [0.2, 0.25) is 0 Å². The summed E-state index contributed by atoms with van der Waals surface area (Å²) < 4.78 is 0. The number of hydrogen-bond acceptors (Lipinski definition) is 2. The van der Waals surface area contributed by atoms with Crippen molar-refractivity contribution in [3.05, 3.63) is 84.9 Å². The zero-order valence-corrected chi connectivity index (χ0v) is 15.6. The molecule has 23 heavy (non-hydrogen) atoms. The molecule has 0 amide bonds. The average molecular weight is 352 g/mol. The summed E-state index contributed by atoms with van der Waals surface area (Å²) in [6, 6.07) is 25.8. The van der Waals surface area contributed by atoms with E-state index in [2.05, 4.69) is 0 Å². The maximum Gasteiger partial charge on any atom is 2.00 e.